The number of rotatable bonds is 7. The first kappa shape index (κ1) is 36.1. The van der Waals surface area contributed by atoms with Crippen LogP contribution < -0.4 is 4.90 Å². The average molecular weight is 818 g/mol. The number of hydrogen-bond acceptors (Lipinski definition) is 2. The van der Waals surface area contributed by atoms with E-state index in [1.54, 1.807) is 0 Å². The predicted molar refractivity (Wildman–Crippen MR) is 268 cm³/mol. The van der Waals surface area contributed by atoms with Gasteiger partial charge in [0.05, 0.1) is 22.1 Å². The Hall–Kier alpha value is -8.60. The molecule has 0 saturated heterocycles. The molecular weight excluding hydrogens is 779 g/mol. The van der Waals surface area contributed by atoms with Crippen molar-refractivity contribution in [1.29, 1.82) is 0 Å². The van der Waals surface area contributed by atoms with Crippen molar-refractivity contribution < 1.29 is 4.42 Å². The van der Waals surface area contributed by atoms with Crippen molar-refractivity contribution in [1.82, 2.24) is 9.13 Å². The molecule has 13 aromatic rings. The second-order valence-corrected chi connectivity index (χ2v) is 16.5. The van der Waals surface area contributed by atoms with E-state index in [-0.39, 0.29) is 0 Å². The maximum atomic E-state index is 6.35. The standard InChI is InChI=1S/C60H39N3O/c1-3-13-40(14-4-1)41-23-28-45(29-24-41)61(46-30-25-42(26-31-46)43-27-36-57-52(37-43)49-17-7-10-20-55(49)62(57)44-15-5-2-6-16-44)47-32-34-48(35-33-47)63-56-21-11-8-18-50(56)53-39-60-54(38-58(53)63)51-19-9-12-22-59(51)64-60/h1-39H. The van der Waals surface area contributed by atoms with E-state index in [9.17, 15) is 0 Å². The number of anilines is 3. The lowest BCUT2D eigenvalue weighted by molar-refractivity contribution is 0.669. The van der Waals surface area contributed by atoms with Gasteiger partial charge in [0.25, 0.3) is 0 Å². The third-order valence-electron chi connectivity index (χ3n) is 12.9. The summed E-state index contributed by atoms with van der Waals surface area (Å²) in [5.74, 6) is 0. The summed E-state index contributed by atoms with van der Waals surface area (Å²) in [6.07, 6.45) is 0. The fourth-order valence-electron chi connectivity index (χ4n) is 9.91. The molecule has 0 unspecified atom stereocenters. The summed E-state index contributed by atoms with van der Waals surface area (Å²) in [4.78, 5) is 2.35. The minimum atomic E-state index is 0.906. The van der Waals surface area contributed by atoms with Gasteiger partial charge in [-0.3, -0.25) is 0 Å². The summed E-state index contributed by atoms with van der Waals surface area (Å²) in [5.41, 5.74) is 16.8. The van der Waals surface area contributed by atoms with Gasteiger partial charge in [-0.2, -0.15) is 0 Å². The third-order valence-corrected chi connectivity index (χ3v) is 12.9. The zero-order valence-electron chi connectivity index (χ0n) is 34.8. The molecule has 13 rings (SSSR count). The molecule has 0 aliphatic heterocycles. The van der Waals surface area contributed by atoms with Crippen LogP contribution in [0.3, 0.4) is 0 Å². The summed E-state index contributed by atoms with van der Waals surface area (Å²) in [7, 11) is 0. The molecule has 0 bridgehead atoms. The quantitative estimate of drug-likeness (QED) is 0.160. The van der Waals surface area contributed by atoms with Gasteiger partial charge in [0.2, 0.25) is 0 Å². The van der Waals surface area contributed by atoms with Crippen LogP contribution in [-0.2, 0) is 0 Å². The molecule has 0 aliphatic rings. The Bertz CT molecular complexity index is 3860. The van der Waals surface area contributed by atoms with Gasteiger partial charge in [-0.15, -0.1) is 0 Å². The fraction of sp³-hybridized carbons (Fsp3) is 0. The van der Waals surface area contributed by atoms with Crippen molar-refractivity contribution in [3.05, 3.63) is 237 Å². The molecule has 10 aromatic carbocycles. The molecule has 4 heteroatoms. The first-order valence-corrected chi connectivity index (χ1v) is 21.8. The Balaban J connectivity index is 0.913. The lowest BCUT2D eigenvalue weighted by Crippen LogP contribution is -2.10. The summed E-state index contributed by atoms with van der Waals surface area (Å²) in [6, 6.07) is 85.2. The molecule has 0 fully saturated rings. The van der Waals surface area contributed by atoms with Crippen molar-refractivity contribution in [2.24, 2.45) is 0 Å². The van der Waals surface area contributed by atoms with Crippen molar-refractivity contribution in [3.63, 3.8) is 0 Å². The Labute approximate surface area is 369 Å². The summed E-state index contributed by atoms with van der Waals surface area (Å²) in [6.45, 7) is 0. The second-order valence-electron chi connectivity index (χ2n) is 16.5. The molecule has 4 nitrogen and oxygen atoms in total. The zero-order valence-corrected chi connectivity index (χ0v) is 34.8. The van der Waals surface area contributed by atoms with Crippen LogP contribution in [0.4, 0.5) is 17.1 Å². The van der Waals surface area contributed by atoms with E-state index >= 15 is 0 Å². The highest BCUT2D eigenvalue weighted by Crippen LogP contribution is 2.41. The lowest BCUT2D eigenvalue weighted by Gasteiger charge is -2.26. The largest absolute Gasteiger partial charge is 0.456 e. The number of hydrogen-bond donors (Lipinski definition) is 0. The first-order chi connectivity index (χ1) is 31.7. The summed E-state index contributed by atoms with van der Waals surface area (Å²) < 4.78 is 11.1. The number of fused-ring (bicyclic) bond motifs is 9. The van der Waals surface area contributed by atoms with E-state index < -0.39 is 0 Å². The molecule has 3 aromatic heterocycles. The predicted octanol–water partition coefficient (Wildman–Crippen LogP) is 16.6. The van der Waals surface area contributed by atoms with Crippen LogP contribution in [0.5, 0.6) is 0 Å². The van der Waals surface area contributed by atoms with E-state index in [1.165, 1.54) is 54.8 Å². The Morgan fingerprint density at radius 3 is 1.38 bits per heavy atom. The van der Waals surface area contributed by atoms with Gasteiger partial charge >= 0.3 is 0 Å². The molecule has 0 N–H and O–H groups in total. The number of para-hydroxylation sites is 4. The van der Waals surface area contributed by atoms with E-state index in [0.29, 0.717) is 0 Å². The monoisotopic (exact) mass is 817 g/mol. The highest BCUT2D eigenvalue weighted by Gasteiger charge is 2.19. The van der Waals surface area contributed by atoms with Crippen LogP contribution in [0.1, 0.15) is 0 Å². The van der Waals surface area contributed by atoms with Crippen molar-refractivity contribution in [3.8, 4) is 33.6 Å². The van der Waals surface area contributed by atoms with Gasteiger partial charge in [0, 0.05) is 60.8 Å². The third kappa shape index (κ3) is 5.77. The number of nitrogens with zero attached hydrogens (tertiary/aromatic N) is 3. The van der Waals surface area contributed by atoms with E-state index in [2.05, 4.69) is 238 Å². The Morgan fingerprint density at radius 1 is 0.266 bits per heavy atom. The van der Waals surface area contributed by atoms with Gasteiger partial charge in [0.1, 0.15) is 11.2 Å². The molecule has 3 heterocycles. The van der Waals surface area contributed by atoms with Gasteiger partial charge in [-0.1, -0.05) is 133 Å². The number of benzene rings is 10. The summed E-state index contributed by atoms with van der Waals surface area (Å²) in [5, 5.41) is 7.11. The van der Waals surface area contributed by atoms with Crippen molar-refractivity contribution in [2.75, 3.05) is 4.90 Å². The van der Waals surface area contributed by atoms with Crippen molar-refractivity contribution >= 4 is 82.6 Å². The topological polar surface area (TPSA) is 26.2 Å². The maximum absolute atomic E-state index is 6.35. The molecular formula is C60H39N3O. The van der Waals surface area contributed by atoms with Crippen LogP contribution in [0.2, 0.25) is 0 Å². The van der Waals surface area contributed by atoms with Gasteiger partial charge in [0.15, 0.2) is 0 Å². The Morgan fingerprint density at radius 2 is 0.719 bits per heavy atom. The highest BCUT2D eigenvalue weighted by atomic mass is 16.3. The van der Waals surface area contributed by atoms with E-state index in [0.717, 1.165) is 61.4 Å². The number of furan rings is 1. The minimum absolute atomic E-state index is 0.906. The minimum Gasteiger partial charge on any atom is -0.456 e. The van der Waals surface area contributed by atoms with Gasteiger partial charge in [-0.25, -0.2) is 0 Å². The molecule has 0 saturated carbocycles. The molecule has 0 spiro atoms. The van der Waals surface area contributed by atoms with Crippen LogP contribution in [0.25, 0.3) is 99.2 Å². The fourth-order valence-corrected chi connectivity index (χ4v) is 9.91. The smallest absolute Gasteiger partial charge is 0.136 e. The SMILES string of the molecule is c1ccc(-c2ccc(N(c3ccc(-c4ccc5c(c4)c4ccccc4n5-c4ccccc4)cc3)c3ccc(-n4c5ccccc5c5cc6oc7ccccc7c6cc54)cc3)cc2)cc1. The highest BCUT2D eigenvalue weighted by molar-refractivity contribution is 6.17. The molecule has 0 atom stereocenters. The molecule has 300 valence electrons. The van der Waals surface area contributed by atoms with Crippen molar-refractivity contribution in [2.45, 2.75) is 0 Å². The normalized spacial score (nSPS) is 11.8. The average Bonchev–Trinajstić information content (AvgIpc) is 4.01. The van der Waals surface area contributed by atoms with E-state index in [1.807, 2.05) is 12.1 Å². The summed E-state index contributed by atoms with van der Waals surface area (Å²) >= 11 is 0. The second kappa shape index (κ2) is 14.5. The lowest BCUT2D eigenvalue weighted by atomic mass is 10.0. The van der Waals surface area contributed by atoms with Gasteiger partial charge < -0.3 is 18.5 Å². The van der Waals surface area contributed by atoms with Crippen LogP contribution >= 0.6 is 0 Å². The Kier molecular flexibility index (Phi) is 8.18. The van der Waals surface area contributed by atoms with Crippen LogP contribution in [0, 0.1) is 0 Å². The zero-order chi connectivity index (χ0) is 42.1. The number of aromatic nitrogens is 2. The van der Waals surface area contributed by atoms with E-state index in [4.69, 9.17) is 4.42 Å². The molecule has 0 aliphatic carbocycles. The van der Waals surface area contributed by atoms with Crippen LogP contribution in [-0.4, -0.2) is 9.13 Å². The van der Waals surface area contributed by atoms with Crippen LogP contribution in [0.15, 0.2) is 241 Å². The molecule has 0 amide bonds. The van der Waals surface area contributed by atoms with Gasteiger partial charge in [-0.05, 0) is 125 Å². The first-order valence-electron chi connectivity index (χ1n) is 21.8. The molecule has 64 heavy (non-hydrogen) atoms. The molecule has 0 radical (unpaired) electrons. The maximum Gasteiger partial charge on any atom is 0.136 e.